The van der Waals surface area contributed by atoms with Crippen LogP contribution < -0.4 is 0 Å². The van der Waals surface area contributed by atoms with E-state index >= 15 is 0 Å². The van der Waals surface area contributed by atoms with Gasteiger partial charge in [0.1, 0.15) is 5.15 Å². The molecule has 20 heavy (non-hydrogen) atoms. The lowest BCUT2D eigenvalue weighted by atomic mass is 10.2. The Morgan fingerprint density at radius 2 is 2.05 bits per heavy atom. The van der Waals surface area contributed by atoms with Crippen LogP contribution in [0.15, 0.2) is 42.9 Å². The Balaban J connectivity index is 2.05. The molecule has 0 aliphatic rings. The highest BCUT2D eigenvalue weighted by atomic mass is 35.5. The lowest BCUT2D eigenvalue weighted by Crippen LogP contribution is -2.24. The summed E-state index contributed by atoms with van der Waals surface area (Å²) in [7, 11) is 0. The van der Waals surface area contributed by atoms with Crippen molar-refractivity contribution in [2.75, 3.05) is 6.54 Å². The van der Waals surface area contributed by atoms with Crippen LogP contribution in [-0.4, -0.2) is 21.4 Å². The first-order valence-corrected chi connectivity index (χ1v) is 6.74. The SMILES string of the molecule is N#CCCN(Cc1cccnc1)Cc1ccnc(Cl)c1. The van der Waals surface area contributed by atoms with Gasteiger partial charge in [-0.15, -0.1) is 0 Å². The van der Waals surface area contributed by atoms with Gasteiger partial charge in [0.15, 0.2) is 0 Å². The Labute approximate surface area is 123 Å². The largest absolute Gasteiger partial charge is 0.294 e. The third-order valence-corrected chi connectivity index (χ3v) is 3.07. The Morgan fingerprint density at radius 1 is 1.20 bits per heavy atom. The molecule has 0 amide bonds. The van der Waals surface area contributed by atoms with Gasteiger partial charge in [-0.1, -0.05) is 17.7 Å². The van der Waals surface area contributed by atoms with Crippen LogP contribution in [0.3, 0.4) is 0 Å². The molecule has 0 unspecified atom stereocenters. The molecule has 0 saturated carbocycles. The fraction of sp³-hybridized carbons (Fsp3) is 0.267. The lowest BCUT2D eigenvalue weighted by Gasteiger charge is -2.21. The van der Waals surface area contributed by atoms with E-state index in [1.165, 1.54) is 0 Å². The minimum atomic E-state index is 0.490. The normalized spacial score (nSPS) is 10.4. The standard InChI is InChI=1S/C15H15ClN4/c16-15-9-13(4-7-19-15)11-20(8-2-5-17)12-14-3-1-6-18-10-14/h1,3-4,6-7,9-10H,2,8,11-12H2. The van der Waals surface area contributed by atoms with Crippen molar-refractivity contribution < 1.29 is 0 Å². The van der Waals surface area contributed by atoms with Gasteiger partial charge in [0.2, 0.25) is 0 Å². The Bertz CT molecular complexity index is 580. The van der Waals surface area contributed by atoms with Gasteiger partial charge in [-0.3, -0.25) is 9.88 Å². The molecule has 0 N–H and O–H groups in total. The summed E-state index contributed by atoms with van der Waals surface area (Å²) < 4.78 is 0. The zero-order valence-electron chi connectivity index (χ0n) is 11.0. The van der Waals surface area contributed by atoms with Crippen LogP contribution in [0.25, 0.3) is 0 Å². The molecule has 2 heterocycles. The monoisotopic (exact) mass is 286 g/mol. The van der Waals surface area contributed by atoms with Crippen molar-refractivity contribution in [2.45, 2.75) is 19.5 Å². The summed E-state index contributed by atoms with van der Waals surface area (Å²) in [4.78, 5) is 10.3. The third-order valence-electron chi connectivity index (χ3n) is 2.87. The minimum absolute atomic E-state index is 0.490. The van der Waals surface area contributed by atoms with Crippen LogP contribution in [0.2, 0.25) is 5.15 Å². The number of hydrogen-bond acceptors (Lipinski definition) is 4. The molecule has 0 atom stereocenters. The maximum absolute atomic E-state index is 8.77. The topological polar surface area (TPSA) is 52.8 Å². The van der Waals surface area contributed by atoms with Crippen molar-refractivity contribution in [1.82, 2.24) is 14.9 Å². The number of pyridine rings is 2. The average Bonchev–Trinajstić information content (AvgIpc) is 2.46. The van der Waals surface area contributed by atoms with Gasteiger partial charge in [0.05, 0.1) is 6.07 Å². The molecule has 2 aromatic heterocycles. The zero-order valence-corrected chi connectivity index (χ0v) is 11.8. The van der Waals surface area contributed by atoms with Crippen LogP contribution >= 0.6 is 11.6 Å². The molecule has 0 aliphatic carbocycles. The first kappa shape index (κ1) is 14.4. The molecular weight excluding hydrogens is 272 g/mol. The van der Waals surface area contributed by atoms with Crippen molar-refractivity contribution in [3.63, 3.8) is 0 Å². The highest BCUT2D eigenvalue weighted by molar-refractivity contribution is 6.29. The summed E-state index contributed by atoms with van der Waals surface area (Å²) in [5, 5.41) is 9.26. The zero-order chi connectivity index (χ0) is 14.2. The maximum atomic E-state index is 8.77. The van der Waals surface area contributed by atoms with Crippen LogP contribution in [0.5, 0.6) is 0 Å². The predicted octanol–water partition coefficient (Wildman–Crippen LogP) is 3.05. The molecule has 0 aromatic carbocycles. The number of aromatic nitrogens is 2. The molecule has 4 nitrogen and oxygen atoms in total. The molecule has 0 aliphatic heterocycles. The Kier molecular flexibility index (Phi) is 5.48. The number of nitrogens with zero attached hydrogens (tertiary/aromatic N) is 4. The molecule has 2 rings (SSSR count). The van der Waals surface area contributed by atoms with Crippen LogP contribution in [-0.2, 0) is 13.1 Å². The first-order valence-electron chi connectivity index (χ1n) is 6.36. The summed E-state index contributed by atoms with van der Waals surface area (Å²) in [6.45, 7) is 2.21. The van der Waals surface area contributed by atoms with Gasteiger partial charge >= 0.3 is 0 Å². The smallest absolute Gasteiger partial charge is 0.129 e. The van der Waals surface area contributed by atoms with Crippen molar-refractivity contribution >= 4 is 11.6 Å². The van der Waals surface area contributed by atoms with E-state index in [1.807, 2.05) is 30.5 Å². The second kappa shape index (κ2) is 7.59. The molecule has 0 fully saturated rings. The van der Waals surface area contributed by atoms with Crippen molar-refractivity contribution in [3.8, 4) is 6.07 Å². The number of hydrogen-bond donors (Lipinski definition) is 0. The van der Waals surface area contributed by atoms with E-state index in [0.29, 0.717) is 18.1 Å². The summed E-state index contributed by atoms with van der Waals surface area (Å²) in [5.41, 5.74) is 2.22. The number of nitriles is 1. The van der Waals surface area contributed by atoms with Gasteiger partial charge in [-0.2, -0.15) is 5.26 Å². The van der Waals surface area contributed by atoms with Crippen molar-refractivity contribution in [1.29, 1.82) is 5.26 Å². The van der Waals surface area contributed by atoms with Crippen molar-refractivity contribution in [3.05, 3.63) is 59.1 Å². The van der Waals surface area contributed by atoms with Crippen LogP contribution in [0.1, 0.15) is 17.5 Å². The third kappa shape index (κ3) is 4.61. The highest BCUT2D eigenvalue weighted by Crippen LogP contribution is 2.12. The van der Waals surface area contributed by atoms with Gasteiger partial charge in [-0.05, 0) is 29.3 Å². The van der Waals surface area contributed by atoms with E-state index < -0.39 is 0 Å². The van der Waals surface area contributed by atoms with E-state index in [1.54, 1.807) is 12.4 Å². The summed E-state index contributed by atoms with van der Waals surface area (Å²) >= 11 is 5.90. The Hall–Kier alpha value is -1.96. The number of halogens is 1. The van der Waals surface area contributed by atoms with E-state index in [-0.39, 0.29) is 0 Å². The van der Waals surface area contributed by atoms with Gasteiger partial charge in [-0.25, -0.2) is 4.98 Å². The summed E-state index contributed by atoms with van der Waals surface area (Å²) in [6.07, 6.45) is 5.80. The van der Waals surface area contributed by atoms with Crippen molar-refractivity contribution in [2.24, 2.45) is 0 Å². The van der Waals surface area contributed by atoms with E-state index in [9.17, 15) is 0 Å². The molecule has 2 aromatic rings. The fourth-order valence-corrected chi connectivity index (χ4v) is 2.17. The predicted molar refractivity (Wildman–Crippen MR) is 77.8 cm³/mol. The second-order valence-electron chi connectivity index (χ2n) is 4.47. The molecule has 102 valence electrons. The fourth-order valence-electron chi connectivity index (χ4n) is 1.97. The Morgan fingerprint density at radius 3 is 2.75 bits per heavy atom. The van der Waals surface area contributed by atoms with Gasteiger partial charge in [0.25, 0.3) is 0 Å². The molecule has 0 saturated heterocycles. The van der Waals surface area contributed by atoms with E-state index in [4.69, 9.17) is 16.9 Å². The van der Waals surface area contributed by atoms with Gasteiger partial charge in [0, 0.05) is 44.6 Å². The number of rotatable bonds is 6. The quantitative estimate of drug-likeness (QED) is 0.766. The van der Waals surface area contributed by atoms with E-state index in [2.05, 4.69) is 20.9 Å². The average molecular weight is 287 g/mol. The summed E-state index contributed by atoms with van der Waals surface area (Å²) in [6, 6.07) is 9.93. The lowest BCUT2D eigenvalue weighted by molar-refractivity contribution is 0.262. The molecule has 5 heteroatoms. The maximum Gasteiger partial charge on any atom is 0.129 e. The molecular formula is C15H15ClN4. The molecule has 0 bridgehead atoms. The van der Waals surface area contributed by atoms with Crippen LogP contribution in [0.4, 0.5) is 0 Å². The molecule has 0 radical (unpaired) electrons. The highest BCUT2D eigenvalue weighted by Gasteiger charge is 2.07. The minimum Gasteiger partial charge on any atom is -0.294 e. The van der Waals surface area contributed by atoms with Gasteiger partial charge < -0.3 is 0 Å². The second-order valence-corrected chi connectivity index (χ2v) is 4.85. The van der Waals surface area contributed by atoms with Crippen LogP contribution in [0, 0.1) is 11.3 Å². The first-order chi connectivity index (χ1) is 9.78. The van der Waals surface area contributed by atoms with E-state index in [0.717, 1.165) is 24.2 Å². The summed E-state index contributed by atoms with van der Waals surface area (Å²) in [5.74, 6) is 0. The molecule has 0 spiro atoms.